The summed E-state index contributed by atoms with van der Waals surface area (Å²) in [5.41, 5.74) is 0.715. The van der Waals surface area contributed by atoms with Crippen molar-refractivity contribution in [2.24, 2.45) is 0 Å². The lowest BCUT2D eigenvalue weighted by molar-refractivity contribution is -0.0783. The molecule has 1 amide bonds. The lowest BCUT2D eigenvalue weighted by atomic mass is 9.96. The van der Waals surface area contributed by atoms with Crippen LogP contribution in [0, 0.1) is 0 Å². The number of rotatable bonds is 5. The molecule has 1 heterocycles. The second kappa shape index (κ2) is 8.01. The number of halogens is 1. The monoisotopic (exact) mass is 379 g/mol. The van der Waals surface area contributed by atoms with Gasteiger partial charge in [-0.25, -0.2) is 4.79 Å². The fourth-order valence-electron chi connectivity index (χ4n) is 3.33. The number of benzene rings is 1. The van der Waals surface area contributed by atoms with Gasteiger partial charge in [-0.05, 0) is 53.0 Å². The summed E-state index contributed by atoms with van der Waals surface area (Å²) < 4.78 is 11.9. The van der Waals surface area contributed by atoms with E-state index in [1.165, 1.54) is 0 Å². The van der Waals surface area contributed by atoms with E-state index in [0.29, 0.717) is 18.7 Å². The van der Waals surface area contributed by atoms with Gasteiger partial charge in [-0.2, -0.15) is 0 Å². The Kier molecular flexibility index (Phi) is 6.41. The van der Waals surface area contributed by atoms with E-state index in [2.05, 4.69) is 18.7 Å². The number of ether oxygens (including phenoxy) is 2. The molecular formula is C21H30ClNO3. The summed E-state index contributed by atoms with van der Waals surface area (Å²) >= 11 is 5.94. The second-order valence-corrected chi connectivity index (χ2v) is 8.57. The van der Waals surface area contributed by atoms with Crippen molar-refractivity contribution in [3.05, 3.63) is 48.0 Å². The number of hydrogen-bond donors (Lipinski definition) is 0. The predicted octanol–water partition coefficient (Wildman–Crippen LogP) is 5.15. The quantitative estimate of drug-likeness (QED) is 0.524. The first-order valence-electron chi connectivity index (χ1n) is 9.00. The summed E-state index contributed by atoms with van der Waals surface area (Å²) in [6, 6.07) is 9.96. The maximum Gasteiger partial charge on any atom is 0.412 e. The summed E-state index contributed by atoms with van der Waals surface area (Å²) in [5, 5.41) is 0. The molecule has 0 unspecified atom stereocenters. The van der Waals surface area contributed by atoms with Crippen LogP contribution in [0.5, 0.6) is 0 Å². The third kappa shape index (κ3) is 5.24. The first kappa shape index (κ1) is 20.8. The Morgan fingerprint density at radius 1 is 1.31 bits per heavy atom. The van der Waals surface area contributed by atoms with Gasteiger partial charge in [0.25, 0.3) is 0 Å². The highest BCUT2D eigenvalue weighted by molar-refractivity contribution is 6.19. The SMILES string of the molecule is C=C(CCl)C[C@@H]1OC(C)(C)N(C(=O)OC(C)(C)C)[C@H]1Cc1ccccc1. The minimum atomic E-state index is -0.765. The first-order chi connectivity index (χ1) is 12.0. The van der Waals surface area contributed by atoms with Crippen molar-refractivity contribution in [3.8, 4) is 0 Å². The highest BCUT2D eigenvalue weighted by Crippen LogP contribution is 2.37. The lowest BCUT2D eigenvalue weighted by Gasteiger charge is -2.35. The molecule has 0 saturated carbocycles. The molecule has 0 aliphatic carbocycles. The molecule has 1 aromatic carbocycles. The molecule has 0 N–H and O–H groups in total. The van der Waals surface area contributed by atoms with Crippen LogP contribution in [0.15, 0.2) is 42.5 Å². The Balaban J connectivity index is 2.33. The number of carbonyl (C=O) groups excluding carboxylic acids is 1. The van der Waals surface area contributed by atoms with E-state index >= 15 is 0 Å². The standard InChI is InChI=1S/C21H30ClNO3/c1-15(14-22)12-18-17(13-16-10-8-7-9-11-16)23(21(5,6)25-18)19(24)26-20(2,3)4/h7-11,17-18H,1,12-14H2,2-6H3/t17-,18-/m0/s1. The first-order valence-corrected chi connectivity index (χ1v) is 9.53. The van der Waals surface area contributed by atoms with Gasteiger partial charge in [0.1, 0.15) is 11.3 Å². The second-order valence-electron chi connectivity index (χ2n) is 8.30. The van der Waals surface area contributed by atoms with Crippen molar-refractivity contribution in [3.63, 3.8) is 0 Å². The average Bonchev–Trinajstić information content (AvgIpc) is 2.76. The van der Waals surface area contributed by atoms with Gasteiger partial charge in [-0.15, -0.1) is 11.6 Å². The molecule has 4 nitrogen and oxygen atoms in total. The number of nitrogens with zero attached hydrogens (tertiary/aromatic N) is 1. The van der Waals surface area contributed by atoms with Gasteiger partial charge in [0.2, 0.25) is 0 Å². The van der Waals surface area contributed by atoms with Gasteiger partial charge < -0.3 is 9.47 Å². The van der Waals surface area contributed by atoms with Gasteiger partial charge >= 0.3 is 6.09 Å². The zero-order valence-corrected chi connectivity index (χ0v) is 17.2. The molecule has 0 bridgehead atoms. The molecule has 1 saturated heterocycles. The Labute approximate surface area is 162 Å². The zero-order valence-electron chi connectivity index (χ0n) is 16.4. The Morgan fingerprint density at radius 3 is 2.46 bits per heavy atom. The zero-order chi connectivity index (χ0) is 19.5. The molecule has 1 aromatic rings. The fourth-order valence-corrected chi connectivity index (χ4v) is 3.44. The highest BCUT2D eigenvalue weighted by Gasteiger charge is 2.50. The summed E-state index contributed by atoms with van der Waals surface area (Å²) in [6.07, 6.45) is 0.763. The number of alkyl halides is 1. The van der Waals surface area contributed by atoms with E-state index in [0.717, 1.165) is 11.1 Å². The van der Waals surface area contributed by atoms with Crippen LogP contribution in [0.1, 0.15) is 46.6 Å². The van der Waals surface area contributed by atoms with Crippen molar-refractivity contribution in [1.82, 2.24) is 4.90 Å². The largest absolute Gasteiger partial charge is 0.444 e. The molecule has 0 radical (unpaired) electrons. The Bertz CT molecular complexity index is 636. The van der Waals surface area contributed by atoms with E-state index in [1.54, 1.807) is 4.90 Å². The van der Waals surface area contributed by atoms with Crippen molar-refractivity contribution in [2.45, 2.75) is 70.9 Å². The molecule has 1 aliphatic heterocycles. The van der Waals surface area contributed by atoms with Crippen LogP contribution in [0.3, 0.4) is 0 Å². The summed E-state index contributed by atoms with van der Waals surface area (Å²) in [6.45, 7) is 13.4. The predicted molar refractivity (Wildman–Crippen MR) is 105 cm³/mol. The molecule has 0 aromatic heterocycles. The van der Waals surface area contributed by atoms with E-state index in [9.17, 15) is 4.79 Å². The van der Waals surface area contributed by atoms with Gasteiger partial charge in [-0.1, -0.05) is 42.5 Å². The minimum absolute atomic E-state index is 0.151. The summed E-state index contributed by atoms with van der Waals surface area (Å²) in [5.74, 6) is 0.380. The van der Waals surface area contributed by atoms with Gasteiger partial charge in [0.15, 0.2) is 0 Å². The van der Waals surface area contributed by atoms with Crippen LogP contribution < -0.4 is 0 Å². The van der Waals surface area contributed by atoms with E-state index < -0.39 is 11.3 Å². The molecule has 26 heavy (non-hydrogen) atoms. The highest BCUT2D eigenvalue weighted by atomic mass is 35.5. The maximum atomic E-state index is 13.0. The van der Waals surface area contributed by atoms with Crippen LogP contribution >= 0.6 is 11.6 Å². The summed E-state index contributed by atoms with van der Waals surface area (Å²) in [4.78, 5) is 14.7. The smallest absolute Gasteiger partial charge is 0.412 e. The lowest BCUT2D eigenvalue weighted by Crippen LogP contribution is -2.51. The topological polar surface area (TPSA) is 38.8 Å². The maximum absolute atomic E-state index is 13.0. The van der Waals surface area contributed by atoms with Crippen molar-refractivity contribution < 1.29 is 14.3 Å². The van der Waals surface area contributed by atoms with E-state index in [-0.39, 0.29) is 18.2 Å². The van der Waals surface area contributed by atoms with E-state index in [1.807, 2.05) is 52.8 Å². The van der Waals surface area contributed by atoms with E-state index in [4.69, 9.17) is 21.1 Å². The molecule has 2 atom stereocenters. The molecule has 2 rings (SSSR count). The van der Waals surface area contributed by atoms with Crippen LogP contribution in [-0.4, -0.2) is 40.3 Å². The number of amides is 1. The third-order valence-corrected chi connectivity index (χ3v) is 4.72. The number of hydrogen-bond acceptors (Lipinski definition) is 3. The van der Waals surface area contributed by atoms with Crippen molar-refractivity contribution in [1.29, 1.82) is 0 Å². The van der Waals surface area contributed by atoms with Crippen LogP contribution in [0.2, 0.25) is 0 Å². The van der Waals surface area contributed by atoms with Gasteiger partial charge in [0.05, 0.1) is 12.1 Å². The third-order valence-electron chi connectivity index (χ3n) is 4.34. The van der Waals surface area contributed by atoms with Crippen LogP contribution in [0.25, 0.3) is 0 Å². The Hall–Kier alpha value is -1.52. The fraction of sp³-hybridized carbons (Fsp3) is 0.571. The molecule has 0 spiro atoms. The summed E-state index contributed by atoms with van der Waals surface area (Å²) in [7, 11) is 0. The number of carbonyl (C=O) groups is 1. The average molecular weight is 380 g/mol. The van der Waals surface area contributed by atoms with Crippen LogP contribution in [-0.2, 0) is 15.9 Å². The Morgan fingerprint density at radius 2 is 1.92 bits per heavy atom. The normalized spacial score (nSPS) is 22.3. The molecule has 144 valence electrons. The van der Waals surface area contributed by atoms with Crippen molar-refractivity contribution >= 4 is 17.7 Å². The molecular weight excluding hydrogens is 350 g/mol. The van der Waals surface area contributed by atoms with Gasteiger partial charge in [0, 0.05) is 5.88 Å². The van der Waals surface area contributed by atoms with Crippen molar-refractivity contribution in [2.75, 3.05) is 5.88 Å². The molecule has 1 aliphatic rings. The van der Waals surface area contributed by atoms with Gasteiger partial charge in [-0.3, -0.25) is 4.90 Å². The van der Waals surface area contributed by atoms with Crippen LogP contribution in [0.4, 0.5) is 4.79 Å². The minimum Gasteiger partial charge on any atom is -0.444 e. The molecule has 5 heteroatoms. The molecule has 1 fully saturated rings.